The molecule has 5 heteroatoms. The quantitative estimate of drug-likeness (QED) is 0.768. The summed E-state index contributed by atoms with van der Waals surface area (Å²) in [6, 6.07) is 0. The number of hydrogen-bond acceptors (Lipinski definition) is 3. The average molecular weight is 264 g/mol. The second-order valence-electron chi connectivity index (χ2n) is 6.53. The maximum atomic E-state index is 13.3. The first-order chi connectivity index (χ1) is 8.11. The summed E-state index contributed by atoms with van der Waals surface area (Å²) < 4.78 is 31.5. The zero-order chi connectivity index (χ0) is 13.8. The molecule has 0 saturated heterocycles. The molecular formula is C13H22F2O3. The van der Waals surface area contributed by atoms with Gasteiger partial charge in [0.15, 0.2) is 6.29 Å². The minimum Gasteiger partial charge on any atom is -0.389 e. The molecule has 0 heterocycles. The van der Waals surface area contributed by atoms with Crippen LogP contribution < -0.4 is 0 Å². The summed E-state index contributed by atoms with van der Waals surface area (Å²) in [5, 5.41) is 20.6. The molecule has 0 aromatic heterocycles. The maximum Gasteiger partial charge on any atom is 0.248 e. The number of ether oxygens (including phenoxy) is 1. The highest BCUT2D eigenvalue weighted by Gasteiger charge is 2.60. The fraction of sp³-hybridized carbons (Fsp3) is 1.00. The third kappa shape index (κ3) is 2.06. The van der Waals surface area contributed by atoms with Crippen LogP contribution in [0.5, 0.6) is 0 Å². The molecule has 0 aliphatic heterocycles. The molecule has 0 spiro atoms. The smallest absolute Gasteiger partial charge is 0.248 e. The van der Waals surface area contributed by atoms with Crippen molar-refractivity contribution in [2.75, 3.05) is 7.11 Å². The van der Waals surface area contributed by atoms with E-state index in [9.17, 15) is 19.0 Å². The molecule has 2 N–H and O–H groups in total. The van der Waals surface area contributed by atoms with Crippen LogP contribution in [0.3, 0.4) is 0 Å². The summed E-state index contributed by atoms with van der Waals surface area (Å²) in [6.45, 7) is 3.45. The molecule has 2 aliphatic carbocycles. The predicted octanol–water partition coefficient (Wildman–Crippen LogP) is 2.16. The van der Waals surface area contributed by atoms with Crippen molar-refractivity contribution in [3.05, 3.63) is 0 Å². The first-order valence-electron chi connectivity index (χ1n) is 6.42. The standard InChI is InChI=1S/C13H22F2O3/c1-11(2,10(16)18-3)12(17)4-8-6-13(14,15)7-9(8)5-12/h8-10,16-17H,4-7H2,1-3H3/t8-,9+,10?,12?. The second kappa shape index (κ2) is 4.12. The van der Waals surface area contributed by atoms with Gasteiger partial charge in [0.2, 0.25) is 5.92 Å². The molecule has 3 nitrogen and oxygen atoms in total. The Morgan fingerprint density at radius 3 is 2.00 bits per heavy atom. The van der Waals surface area contributed by atoms with Crippen molar-refractivity contribution in [2.45, 2.75) is 57.3 Å². The molecule has 0 bridgehead atoms. The minimum atomic E-state index is -2.58. The van der Waals surface area contributed by atoms with Gasteiger partial charge in [-0.25, -0.2) is 8.78 Å². The van der Waals surface area contributed by atoms with Crippen LogP contribution in [-0.4, -0.2) is 35.1 Å². The molecule has 0 aromatic carbocycles. The lowest BCUT2D eigenvalue weighted by Crippen LogP contribution is -2.51. The molecule has 2 fully saturated rings. The number of halogens is 2. The van der Waals surface area contributed by atoms with Crippen molar-refractivity contribution in [1.82, 2.24) is 0 Å². The van der Waals surface area contributed by atoms with Crippen LogP contribution in [0.4, 0.5) is 8.78 Å². The summed E-state index contributed by atoms with van der Waals surface area (Å²) in [5.41, 5.74) is -1.99. The fourth-order valence-electron chi connectivity index (χ4n) is 3.66. The highest BCUT2D eigenvalue weighted by molar-refractivity contribution is 5.07. The van der Waals surface area contributed by atoms with Crippen molar-refractivity contribution in [3.8, 4) is 0 Å². The summed E-state index contributed by atoms with van der Waals surface area (Å²) in [4.78, 5) is 0. The van der Waals surface area contributed by atoms with E-state index in [1.54, 1.807) is 13.8 Å². The van der Waals surface area contributed by atoms with Crippen molar-refractivity contribution < 1.29 is 23.7 Å². The molecule has 4 atom stereocenters. The van der Waals surface area contributed by atoms with E-state index in [0.717, 1.165) is 0 Å². The molecule has 0 aromatic rings. The number of fused-ring (bicyclic) bond motifs is 1. The highest BCUT2D eigenvalue weighted by atomic mass is 19.3. The Morgan fingerprint density at radius 2 is 1.61 bits per heavy atom. The molecule has 2 saturated carbocycles. The Labute approximate surface area is 106 Å². The lowest BCUT2D eigenvalue weighted by atomic mass is 9.71. The highest BCUT2D eigenvalue weighted by Crippen LogP contribution is 2.58. The van der Waals surface area contributed by atoms with E-state index < -0.39 is 23.2 Å². The van der Waals surface area contributed by atoms with Crippen LogP contribution in [0.15, 0.2) is 0 Å². The molecule has 106 valence electrons. The van der Waals surface area contributed by atoms with E-state index in [2.05, 4.69) is 0 Å². The second-order valence-corrected chi connectivity index (χ2v) is 6.53. The Morgan fingerprint density at radius 1 is 1.17 bits per heavy atom. The predicted molar refractivity (Wildman–Crippen MR) is 62.1 cm³/mol. The zero-order valence-corrected chi connectivity index (χ0v) is 11.1. The van der Waals surface area contributed by atoms with Gasteiger partial charge in [-0.3, -0.25) is 0 Å². The number of aliphatic hydroxyl groups excluding tert-OH is 1. The Balaban J connectivity index is 2.13. The molecule has 0 amide bonds. The lowest BCUT2D eigenvalue weighted by Gasteiger charge is -2.43. The van der Waals surface area contributed by atoms with Crippen LogP contribution in [0.1, 0.15) is 39.5 Å². The van der Waals surface area contributed by atoms with E-state index in [-0.39, 0.29) is 24.7 Å². The number of methoxy groups -OCH3 is 1. The first kappa shape index (κ1) is 14.2. The van der Waals surface area contributed by atoms with Gasteiger partial charge < -0.3 is 14.9 Å². The van der Waals surface area contributed by atoms with Gasteiger partial charge in [0.1, 0.15) is 0 Å². The van der Waals surface area contributed by atoms with Gasteiger partial charge in [0, 0.05) is 25.4 Å². The fourth-order valence-corrected chi connectivity index (χ4v) is 3.66. The topological polar surface area (TPSA) is 49.7 Å². The third-order valence-electron chi connectivity index (χ3n) is 5.03. The molecule has 2 rings (SSSR count). The van der Waals surface area contributed by atoms with E-state index in [4.69, 9.17) is 4.74 Å². The van der Waals surface area contributed by atoms with Gasteiger partial charge >= 0.3 is 0 Å². The van der Waals surface area contributed by atoms with Gasteiger partial charge in [0.05, 0.1) is 5.60 Å². The molecule has 2 unspecified atom stereocenters. The van der Waals surface area contributed by atoms with E-state index in [1.165, 1.54) is 7.11 Å². The van der Waals surface area contributed by atoms with Crippen LogP contribution in [0, 0.1) is 17.3 Å². The van der Waals surface area contributed by atoms with Crippen molar-refractivity contribution in [2.24, 2.45) is 17.3 Å². The Hall–Kier alpha value is -0.260. The molecular weight excluding hydrogens is 242 g/mol. The van der Waals surface area contributed by atoms with Gasteiger partial charge in [0.25, 0.3) is 0 Å². The van der Waals surface area contributed by atoms with Gasteiger partial charge in [-0.05, 0) is 24.7 Å². The van der Waals surface area contributed by atoms with Crippen LogP contribution in [-0.2, 0) is 4.74 Å². The SMILES string of the molecule is COC(O)C(C)(C)C1(O)C[C@H]2CC(F)(F)C[C@H]2C1. The third-order valence-corrected chi connectivity index (χ3v) is 5.03. The minimum absolute atomic E-state index is 0.140. The molecule has 2 aliphatic rings. The zero-order valence-electron chi connectivity index (χ0n) is 11.1. The van der Waals surface area contributed by atoms with Crippen molar-refractivity contribution >= 4 is 0 Å². The van der Waals surface area contributed by atoms with Gasteiger partial charge in [-0.2, -0.15) is 0 Å². The first-order valence-corrected chi connectivity index (χ1v) is 6.42. The van der Waals surface area contributed by atoms with Crippen LogP contribution >= 0.6 is 0 Å². The van der Waals surface area contributed by atoms with Crippen molar-refractivity contribution in [1.29, 1.82) is 0 Å². The van der Waals surface area contributed by atoms with Crippen LogP contribution in [0.2, 0.25) is 0 Å². The van der Waals surface area contributed by atoms with E-state index in [1.807, 2.05) is 0 Å². The number of alkyl halides is 2. The number of rotatable bonds is 3. The normalized spacial score (nSPS) is 40.8. The van der Waals surface area contributed by atoms with Gasteiger partial charge in [-0.1, -0.05) is 13.8 Å². The summed E-state index contributed by atoms with van der Waals surface area (Å²) >= 11 is 0. The average Bonchev–Trinajstić information content (AvgIpc) is 2.66. The van der Waals surface area contributed by atoms with Crippen molar-refractivity contribution in [3.63, 3.8) is 0 Å². The summed E-state index contributed by atoms with van der Waals surface area (Å²) in [6.07, 6.45) is -0.735. The van der Waals surface area contributed by atoms with E-state index in [0.29, 0.717) is 12.8 Å². The lowest BCUT2D eigenvalue weighted by molar-refractivity contribution is -0.217. The largest absolute Gasteiger partial charge is 0.389 e. The number of aliphatic hydroxyl groups is 2. The summed E-state index contributed by atoms with van der Waals surface area (Å²) in [5.74, 6) is -2.87. The van der Waals surface area contributed by atoms with E-state index >= 15 is 0 Å². The van der Waals surface area contributed by atoms with Crippen LogP contribution in [0.25, 0.3) is 0 Å². The summed E-state index contributed by atoms with van der Waals surface area (Å²) in [7, 11) is 1.37. The molecule has 0 radical (unpaired) electrons. The monoisotopic (exact) mass is 264 g/mol. The number of hydrogen-bond donors (Lipinski definition) is 2. The molecule has 18 heavy (non-hydrogen) atoms. The van der Waals surface area contributed by atoms with Gasteiger partial charge in [-0.15, -0.1) is 0 Å². The Kier molecular flexibility index (Phi) is 3.24. The maximum absolute atomic E-state index is 13.3. The Bertz CT molecular complexity index is 314.